The SMILES string of the molecule is COc1cc(-c2nc(CC(=O)NO)cc(Nc3ccc(C(N)=O)cc3)n2)cc(OC)c1OC. The van der Waals surface area contributed by atoms with E-state index in [0.29, 0.717) is 45.6 Å². The van der Waals surface area contributed by atoms with Crippen LogP contribution in [0.2, 0.25) is 0 Å². The minimum atomic E-state index is -0.638. The minimum Gasteiger partial charge on any atom is -0.493 e. The third kappa shape index (κ3) is 5.46. The molecule has 33 heavy (non-hydrogen) atoms. The van der Waals surface area contributed by atoms with Gasteiger partial charge in [-0.05, 0) is 36.4 Å². The Hall–Kier alpha value is -4.38. The van der Waals surface area contributed by atoms with Crippen LogP contribution in [-0.2, 0) is 11.2 Å². The van der Waals surface area contributed by atoms with Gasteiger partial charge < -0.3 is 25.3 Å². The van der Waals surface area contributed by atoms with Crippen LogP contribution < -0.4 is 30.7 Å². The number of carbonyl (C=O) groups excluding carboxylic acids is 2. The molecule has 0 aliphatic heterocycles. The van der Waals surface area contributed by atoms with Crippen molar-refractivity contribution < 1.29 is 29.0 Å². The van der Waals surface area contributed by atoms with Crippen molar-refractivity contribution in [3.8, 4) is 28.6 Å². The zero-order chi connectivity index (χ0) is 24.0. The van der Waals surface area contributed by atoms with Crippen LogP contribution in [0.1, 0.15) is 16.1 Å². The van der Waals surface area contributed by atoms with E-state index in [1.54, 1.807) is 47.9 Å². The molecule has 1 heterocycles. The molecular formula is C22H23N5O6. The number of hydrogen-bond donors (Lipinski definition) is 4. The number of nitrogens with zero attached hydrogens (tertiary/aromatic N) is 2. The number of amides is 2. The van der Waals surface area contributed by atoms with Gasteiger partial charge in [0.15, 0.2) is 17.3 Å². The fourth-order valence-corrected chi connectivity index (χ4v) is 3.06. The lowest BCUT2D eigenvalue weighted by Gasteiger charge is -2.15. The highest BCUT2D eigenvalue weighted by Gasteiger charge is 2.17. The maximum atomic E-state index is 11.7. The quantitative estimate of drug-likeness (QED) is 0.281. The topological polar surface area (TPSA) is 158 Å². The number of nitrogens with two attached hydrogens (primary N) is 1. The highest BCUT2D eigenvalue weighted by Crippen LogP contribution is 2.40. The number of primary amides is 1. The van der Waals surface area contributed by atoms with Crippen molar-refractivity contribution in [3.63, 3.8) is 0 Å². The van der Waals surface area contributed by atoms with Gasteiger partial charge in [0.1, 0.15) is 5.82 Å². The molecule has 0 aliphatic carbocycles. The number of aromatic nitrogens is 2. The van der Waals surface area contributed by atoms with E-state index in [-0.39, 0.29) is 12.2 Å². The van der Waals surface area contributed by atoms with E-state index in [1.807, 2.05) is 0 Å². The van der Waals surface area contributed by atoms with Crippen molar-refractivity contribution in [3.05, 3.63) is 53.7 Å². The molecule has 2 amide bonds. The van der Waals surface area contributed by atoms with Crippen LogP contribution in [0.3, 0.4) is 0 Å². The second-order valence-corrected chi connectivity index (χ2v) is 6.76. The van der Waals surface area contributed by atoms with Gasteiger partial charge in [0.05, 0.1) is 33.4 Å². The first-order valence-electron chi connectivity index (χ1n) is 9.66. The lowest BCUT2D eigenvalue weighted by atomic mass is 10.1. The number of methoxy groups -OCH3 is 3. The van der Waals surface area contributed by atoms with E-state index in [2.05, 4.69) is 15.3 Å². The van der Waals surface area contributed by atoms with Gasteiger partial charge in [-0.25, -0.2) is 15.4 Å². The van der Waals surface area contributed by atoms with Crippen LogP contribution in [-0.4, -0.2) is 48.3 Å². The lowest BCUT2D eigenvalue weighted by Crippen LogP contribution is -2.21. The van der Waals surface area contributed by atoms with Crippen molar-refractivity contribution in [2.24, 2.45) is 5.73 Å². The molecule has 0 unspecified atom stereocenters. The predicted octanol–water partition coefficient (Wildman–Crippen LogP) is 2.06. The maximum absolute atomic E-state index is 11.7. The minimum absolute atomic E-state index is 0.189. The normalized spacial score (nSPS) is 10.3. The van der Waals surface area contributed by atoms with Crippen molar-refractivity contribution in [2.75, 3.05) is 26.6 Å². The summed E-state index contributed by atoms with van der Waals surface area (Å²) >= 11 is 0. The van der Waals surface area contributed by atoms with Crippen molar-refractivity contribution in [1.82, 2.24) is 15.4 Å². The average Bonchev–Trinajstić information content (AvgIpc) is 2.83. The van der Waals surface area contributed by atoms with Crippen molar-refractivity contribution >= 4 is 23.3 Å². The summed E-state index contributed by atoms with van der Waals surface area (Å²) in [4.78, 5) is 32.0. The largest absolute Gasteiger partial charge is 0.493 e. The smallest absolute Gasteiger partial charge is 0.249 e. The van der Waals surface area contributed by atoms with E-state index in [9.17, 15) is 9.59 Å². The molecule has 0 spiro atoms. The fourth-order valence-electron chi connectivity index (χ4n) is 3.06. The standard InChI is InChI=1S/C22H23N5O6/c1-31-16-8-13(9-17(32-2)20(16)33-3)22-25-15(11-19(28)27-30)10-18(26-22)24-14-6-4-12(5-7-14)21(23)29/h4-10,30H,11H2,1-3H3,(H2,23,29)(H,27,28)(H,24,25,26). The Morgan fingerprint density at radius 2 is 1.61 bits per heavy atom. The number of nitrogens with one attached hydrogen (secondary N) is 2. The Bertz CT molecular complexity index is 1140. The molecule has 3 aromatic rings. The van der Waals surface area contributed by atoms with E-state index in [4.69, 9.17) is 25.2 Å². The first-order chi connectivity index (χ1) is 15.9. The molecule has 3 rings (SSSR count). The third-order valence-electron chi connectivity index (χ3n) is 4.61. The molecule has 0 aliphatic rings. The summed E-state index contributed by atoms with van der Waals surface area (Å²) in [5, 5.41) is 12.0. The second-order valence-electron chi connectivity index (χ2n) is 6.76. The highest BCUT2D eigenvalue weighted by molar-refractivity contribution is 5.93. The maximum Gasteiger partial charge on any atom is 0.249 e. The molecule has 5 N–H and O–H groups in total. The molecule has 11 nitrogen and oxygen atoms in total. The molecule has 2 aromatic carbocycles. The van der Waals surface area contributed by atoms with Gasteiger partial charge in [-0.1, -0.05) is 0 Å². The van der Waals surface area contributed by atoms with Crippen LogP contribution in [0.25, 0.3) is 11.4 Å². The molecule has 11 heteroatoms. The summed E-state index contributed by atoms with van der Waals surface area (Å²) in [5.41, 5.74) is 8.75. The number of benzene rings is 2. The Morgan fingerprint density at radius 1 is 0.970 bits per heavy atom. The fraction of sp³-hybridized carbons (Fsp3) is 0.182. The van der Waals surface area contributed by atoms with E-state index in [1.165, 1.54) is 21.3 Å². The summed E-state index contributed by atoms with van der Waals surface area (Å²) in [6.45, 7) is 0. The molecule has 172 valence electrons. The van der Waals surface area contributed by atoms with Crippen molar-refractivity contribution in [2.45, 2.75) is 6.42 Å². The van der Waals surface area contributed by atoms with Crippen LogP contribution in [0.4, 0.5) is 11.5 Å². The van der Waals surface area contributed by atoms with Crippen LogP contribution in [0.15, 0.2) is 42.5 Å². The summed E-state index contributed by atoms with van der Waals surface area (Å²) in [5.74, 6) is 0.699. The summed E-state index contributed by atoms with van der Waals surface area (Å²) in [7, 11) is 4.48. The monoisotopic (exact) mass is 453 g/mol. The van der Waals surface area contributed by atoms with Crippen molar-refractivity contribution in [1.29, 1.82) is 0 Å². The molecule has 0 saturated heterocycles. The second kappa shape index (κ2) is 10.3. The molecule has 0 fully saturated rings. The van der Waals surface area contributed by atoms with Gasteiger partial charge in [0, 0.05) is 22.9 Å². The Balaban J connectivity index is 2.06. The molecule has 0 radical (unpaired) electrons. The zero-order valence-corrected chi connectivity index (χ0v) is 18.2. The van der Waals surface area contributed by atoms with Gasteiger partial charge in [0.2, 0.25) is 17.6 Å². The molecule has 0 saturated carbocycles. The van der Waals surface area contributed by atoms with Gasteiger partial charge in [0.25, 0.3) is 0 Å². The Labute approximate surface area is 189 Å². The highest BCUT2D eigenvalue weighted by atomic mass is 16.5. The number of hydroxylamine groups is 1. The van der Waals surface area contributed by atoms with Gasteiger partial charge in [-0.2, -0.15) is 0 Å². The lowest BCUT2D eigenvalue weighted by molar-refractivity contribution is -0.128. The Morgan fingerprint density at radius 3 is 2.12 bits per heavy atom. The molecule has 0 bridgehead atoms. The molecule has 1 aromatic heterocycles. The van der Waals surface area contributed by atoms with E-state index >= 15 is 0 Å². The van der Waals surface area contributed by atoms with Crippen LogP contribution in [0.5, 0.6) is 17.2 Å². The number of rotatable bonds is 9. The zero-order valence-electron chi connectivity index (χ0n) is 18.2. The number of anilines is 2. The summed E-state index contributed by atoms with van der Waals surface area (Å²) < 4.78 is 16.1. The predicted molar refractivity (Wildman–Crippen MR) is 119 cm³/mol. The van der Waals surface area contributed by atoms with Crippen LogP contribution in [0, 0.1) is 0 Å². The first-order valence-corrected chi connectivity index (χ1v) is 9.66. The molecular weight excluding hydrogens is 430 g/mol. The van der Waals surface area contributed by atoms with Gasteiger partial charge in [-0.15, -0.1) is 0 Å². The number of ether oxygens (including phenoxy) is 3. The first kappa shape index (κ1) is 23.3. The van der Waals surface area contributed by atoms with E-state index in [0.717, 1.165) is 0 Å². The van der Waals surface area contributed by atoms with Gasteiger partial charge in [-0.3, -0.25) is 14.8 Å². The van der Waals surface area contributed by atoms with Gasteiger partial charge >= 0.3 is 0 Å². The molecule has 0 atom stereocenters. The number of carbonyl (C=O) groups is 2. The number of hydrogen-bond acceptors (Lipinski definition) is 9. The van der Waals surface area contributed by atoms with Crippen LogP contribution >= 0.6 is 0 Å². The summed E-state index contributed by atoms with van der Waals surface area (Å²) in [6.07, 6.45) is -0.189. The van der Waals surface area contributed by atoms with E-state index < -0.39 is 11.8 Å². The Kier molecular flexibility index (Phi) is 7.26. The summed E-state index contributed by atoms with van der Waals surface area (Å²) in [6, 6.07) is 11.4. The third-order valence-corrected chi connectivity index (χ3v) is 4.61. The average molecular weight is 453 g/mol.